The Bertz CT molecular complexity index is 4300. The van der Waals surface area contributed by atoms with Crippen molar-refractivity contribution in [2.24, 2.45) is 0 Å². The van der Waals surface area contributed by atoms with Crippen molar-refractivity contribution < 1.29 is 0 Å². The van der Waals surface area contributed by atoms with Gasteiger partial charge in [-0.25, -0.2) is 14.8 Å². The Morgan fingerprint density at radius 3 is 1.46 bits per heavy atom. The summed E-state index contributed by atoms with van der Waals surface area (Å²) in [5.74, 6) is 0.624. The molecule has 0 amide bonds. The van der Waals surface area contributed by atoms with Crippen LogP contribution in [0.25, 0.3) is 127 Å². The van der Waals surface area contributed by atoms with Crippen LogP contribution in [0.5, 0.6) is 0 Å². The van der Waals surface area contributed by atoms with Crippen LogP contribution in [0.15, 0.2) is 243 Å². The van der Waals surface area contributed by atoms with Gasteiger partial charge >= 0.3 is 0 Å². The molecule has 3 heterocycles. The van der Waals surface area contributed by atoms with Crippen molar-refractivity contribution in [3.63, 3.8) is 0 Å². The van der Waals surface area contributed by atoms with Crippen molar-refractivity contribution in [3.05, 3.63) is 260 Å². The zero-order chi connectivity index (χ0) is 48.1. The van der Waals surface area contributed by atoms with Crippen LogP contribution >= 0.6 is 0 Å². The smallest absolute Gasteiger partial charge is 0.187 e. The van der Waals surface area contributed by atoms with Crippen molar-refractivity contribution in [2.75, 3.05) is 0 Å². The molecule has 6 heteroatoms. The molecule has 0 N–H and O–H groups in total. The number of rotatable bonds is 8. The second-order valence-electron chi connectivity index (χ2n) is 18.0. The number of nitrogens with zero attached hydrogens (tertiary/aromatic N) is 6. The van der Waals surface area contributed by atoms with E-state index in [1.165, 1.54) is 0 Å². The molecule has 3 aromatic heterocycles. The lowest BCUT2D eigenvalue weighted by molar-refractivity contribution is 1.15. The van der Waals surface area contributed by atoms with Crippen LogP contribution < -0.4 is 0 Å². The van der Waals surface area contributed by atoms with Gasteiger partial charge in [-0.3, -0.25) is 0 Å². The summed E-state index contributed by atoms with van der Waals surface area (Å²) in [6, 6.07) is 86.5. The number of hydrogen-bond acceptors (Lipinski definition) is 3. The van der Waals surface area contributed by atoms with E-state index in [0.717, 1.165) is 116 Å². The lowest BCUT2D eigenvalue weighted by atomic mass is 9.97. The SMILES string of the molecule is [C-]#[N+]c1cccc(-c2ccc3c(c2)c2ccccc2n3-c2ccc(-c3nc(-c4ccccc4)cc(-c4ccccc4)n3)cc2-c2ccccc2-n2c3ccccc3c3cc(-c4cccc(C#N)c4)ccc32)c1. The molecule has 0 aliphatic rings. The topological polar surface area (TPSA) is 63.8 Å². The highest BCUT2D eigenvalue weighted by atomic mass is 15.0. The van der Waals surface area contributed by atoms with Crippen molar-refractivity contribution in [1.82, 2.24) is 19.1 Å². The Hall–Kier alpha value is -10.1. The largest absolute Gasteiger partial charge is 0.309 e. The van der Waals surface area contributed by atoms with Crippen molar-refractivity contribution in [1.29, 1.82) is 5.26 Å². The zero-order valence-electron chi connectivity index (χ0n) is 38.8. The molecule has 13 aromatic rings. The van der Waals surface area contributed by atoms with Crippen LogP contribution in [0, 0.1) is 17.9 Å². The molecule has 0 fully saturated rings. The first kappa shape index (κ1) is 42.0. The van der Waals surface area contributed by atoms with Crippen molar-refractivity contribution >= 4 is 49.3 Å². The lowest BCUT2D eigenvalue weighted by Crippen LogP contribution is -2.03. The summed E-state index contributed by atoms with van der Waals surface area (Å²) in [7, 11) is 0. The Kier molecular flexibility index (Phi) is 10.2. The standard InChI is InChI=1S/C66H40N6/c1-68-51-23-15-22-47(37-51)49-31-34-64-56(39-49)53-25-9-13-29-62(53)72(64)65-35-32-50(66-69-58(44-17-4-2-5-18-44)41-59(70-66)45-19-6-3-7-20-45)40-57(65)54-26-10-12-28-61(54)71-60-27-11-8-24-52(60)55-38-48(30-33-63(55)71)46-21-14-16-43(36-46)42-67/h2-41H. The Labute approximate surface area is 416 Å². The van der Waals surface area contributed by atoms with Gasteiger partial charge in [-0.15, -0.1) is 0 Å². The molecule has 6 nitrogen and oxygen atoms in total. The second kappa shape index (κ2) is 17.4. The molecular weight excluding hydrogens is 877 g/mol. The number of para-hydroxylation sites is 3. The van der Waals surface area contributed by atoms with E-state index in [0.29, 0.717) is 17.1 Å². The fraction of sp³-hybridized carbons (Fsp3) is 0. The summed E-state index contributed by atoms with van der Waals surface area (Å²) in [5.41, 5.74) is 18.3. The average molecular weight is 917 g/mol. The van der Waals surface area contributed by atoms with Crippen molar-refractivity contribution in [3.8, 4) is 84.7 Å². The van der Waals surface area contributed by atoms with Crippen molar-refractivity contribution in [2.45, 2.75) is 0 Å². The molecule has 0 radical (unpaired) electrons. The fourth-order valence-electron chi connectivity index (χ4n) is 10.4. The molecule has 0 saturated carbocycles. The summed E-state index contributed by atoms with van der Waals surface area (Å²) >= 11 is 0. The van der Waals surface area contributed by atoms with E-state index in [-0.39, 0.29) is 0 Å². The minimum atomic E-state index is 0.613. The fourth-order valence-corrected chi connectivity index (χ4v) is 10.4. The first-order chi connectivity index (χ1) is 35.6. The van der Waals surface area contributed by atoms with E-state index in [9.17, 15) is 5.26 Å². The van der Waals surface area contributed by atoms with E-state index in [1.807, 2.05) is 72.8 Å². The summed E-state index contributed by atoms with van der Waals surface area (Å²) in [5, 5.41) is 14.3. The third-order valence-electron chi connectivity index (χ3n) is 13.8. The first-order valence-electron chi connectivity index (χ1n) is 23.9. The zero-order valence-corrected chi connectivity index (χ0v) is 38.8. The Morgan fingerprint density at radius 2 is 0.847 bits per heavy atom. The number of aromatic nitrogens is 4. The molecule has 0 bridgehead atoms. The minimum Gasteiger partial charge on any atom is -0.309 e. The quantitative estimate of drug-likeness (QED) is 0.143. The first-order valence-corrected chi connectivity index (χ1v) is 23.9. The minimum absolute atomic E-state index is 0.613. The number of nitriles is 1. The third-order valence-corrected chi connectivity index (χ3v) is 13.8. The average Bonchev–Trinajstić information content (AvgIpc) is 3.97. The molecule has 13 rings (SSSR count). The molecular formula is C66H40N6. The predicted octanol–water partition coefficient (Wildman–Crippen LogP) is 17.1. The van der Waals surface area contributed by atoms with E-state index in [1.54, 1.807) is 0 Å². The van der Waals surface area contributed by atoms with Crippen LogP contribution in [0.3, 0.4) is 0 Å². The van der Waals surface area contributed by atoms with Gasteiger partial charge in [-0.2, -0.15) is 5.26 Å². The molecule has 72 heavy (non-hydrogen) atoms. The van der Waals surface area contributed by atoms with Crippen LogP contribution in [-0.2, 0) is 0 Å². The molecule has 334 valence electrons. The maximum Gasteiger partial charge on any atom is 0.187 e. The van der Waals surface area contributed by atoms with Crippen LogP contribution in [0.2, 0.25) is 0 Å². The molecule has 0 aliphatic carbocycles. The highest BCUT2D eigenvalue weighted by molar-refractivity contribution is 6.13. The van der Waals surface area contributed by atoms with Crippen LogP contribution in [0.4, 0.5) is 5.69 Å². The highest BCUT2D eigenvalue weighted by Gasteiger charge is 2.23. The van der Waals surface area contributed by atoms with Gasteiger partial charge < -0.3 is 9.13 Å². The molecule has 0 spiro atoms. The maximum atomic E-state index is 9.76. The summed E-state index contributed by atoms with van der Waals surface area (Å²) in [4.78, 5) is 14.4. The molecule has 0 aliphatic heterocycles. The predicted molar refractivity (Wildman–Crippen MR) is 294 cm³/mol. The number of hydrogen-bond donors (Lipinski definition) is 0. The van der Waals surface area contributed by atoms with E-state index in [2.05, 4.69) is 190 Å². The van der Waals surface area contributed by atoms with Gasteiger partial charge in [0.15, 0.2) is 11.5 Å². The Morgan fingerprint density at radius 1 is 0.361 bits per heavy atom. The van der Waals surface area contributed by atoms with E-state index >= 15 is 0 Å². The molecule has 0 unspecified atom stereocenters. The van der Waals surface area contributed by atoms with E-state index in [4.69, 9.17) is 16.5 Å². The van der Waals surface area contributed by atoms with Crippen LogP contribution in [-0.4, -0.2) is 19.1 Å². The summed E-state index contributed by atoms with van der Waals surface area (Å²) in [6.07, 6.45) is 0. The maximum absolute atomic E-state index is 9.76. The summed E-state index contributed by atoms with van der Waals surface area (Å²) < 4.78 is 4.78. The van der Waals surface area contributed by atoms with Gasteiger partial charge in [0.05, 0.1) is 63.0 Å². The third kappa shape index (κ3) is 7.19. The van der Waals surface area contributed by atoms with Gasteiger partial charge in [-0.1, -0.05) is 158 Å². The van der Waals surface area contributed by atoms with Gasteiger partial charge in [-0.05, 0) is 107 Å². The number of fused-ring (bicyclic) bond motifs is 6. The van der Waals surface area contributed by atoms with Crippen LogP contribution in [0.1, 0.15) is 5.56 Å². The second-order valence-corrected chi connectivity index (χ2v) is 18.0. The lowest BCUT2D eigenvalue weighted by Gasteiger charge is -2.20. The van der Waals surface area contributed by atoms with Gasteiger partial charge in [0, 0.05) is 49.4 Å². The molecule has 0 saturated heterocycles. The Balaban J connectivity index is 1.08. The van der Waals surface area contributed by atoms with Gasteiger partial charge in [0.1, 0.15) is 0 Å². The number of benzene rings is 10. The van der Waals surface area contributed by atoms with E-state index < -0.39 is 0 Å². The molecule has 0 atom stereocenters. The monoisotopic (exact) mass is 916 g/mol. The highest BCUT2D eigenvalue weighted by Crippen LogP contribution is 2.44. The van der Waals surface area contributed by atoms with Gasteiger partial charge in [0.25, 0.3) is 0 Å². The summed E-state index contributed by atoms with van der Waals surface area (Å²) in [6.45, 7) is 7.70. The van der Waals surface area contributed by atoms with Gasteiger partial charge in [0.2, 0.25) is 0 Å². The normalized spacial score (nSPS) is 11.3. The molecule has 10 aromatic carbocycles.